The molecule has 0 aromatic heterocycles. The standard InChI is InChI=1S/C12H14N4/c1-14-12(16-13)15-11-7-6-9-4-2-3-5-10(9)8-11/h2-8H,13H2,1H3,(H2,14,15,16). The van der Waals surface area contributed by atoms with E-state index in [1.54, 1.807) is 7.05 Å². The van der Waals surface area contributed by atoms with Gasteiger partial charge in [-0.3, -0.25) is 10.4 Å². The molecule has 4 nitrogen and oxygen atoms in total. The molecule has 0 fully saturated rings. The largest absolute Gasteiger partial charge is 0.325 e. The van der Waals surface area contributed by atoms with Crippen LogP contribution < -0.4 is 16.6 Å². The van der Waals surface area contributed by atoms with Crippen LogP contribution in [0.2, 0.25) is 0 Å². The maximum absolute atomic E-state index is 5.30. The van der Waals surface area contributed by atoms with Crippen molar-refractivity contribution in [2.24, 2.45) is 10.8 Å². The lowest BCUT2D eigenvalue weighted by molar-refractivity contribution is 1.01. The summed E-state index contributed by atoms with van der Waals surface area (Å²) in [5, 5.41) is 5.48. The van der Waals surface area contributed by atoms with Gasteiger partial charge in [-0.25, -0.2) is 5.84 Å². The first kappa shape index (κ1) is 10.4. The van der Waals surface area contributed by atoms with Crippen molar-refractivity contribution in [2.75, 3.05) is 12.4 Å². The second kappa shape index (κ2) is 4.63. The molecule has 0 aliphatic rings. The zero-order valence-electron chi connectivity index (χ0n) is 9.07. The zero-order valence-corrected chi connectivity index (χ0v) is 9.07. The predicted molar refractivity (Wildman–Crippen MR) is 68.3 cm³/mol. The third-order valence-electron chi connectivity index (χ3n) is 2.37. The zero-order chi connectivity index (χ0) is 11.4. The van der Waals surface area contributed by atoms with E-state index in [4.69, 9.17) is 5.84 Å². The highest BCUT2D eigenvalue weighted by atomic mass is 15.3. The molecule has 0 bridgehead atoms. The van der Waals surface area contributed by atoms with E-state index in [-0.39, 0.29) is 0 Å². The summed E-state index contributed by atoms with van der Waals surface area (Å²) in [7, 11) is 1.67. The minimum atomic E-state index is 0.537. The van der Waals surface area contributed by atoms with Crippen LogP contribution in [-0.2, 0) is 0 Å². The van der Waals surface area contributed by atoms with E-state index < -0.39 is 0 Å². The molecule has 0 atom stereocenters. The Labute approximate surface area is 94.1 Å². The van der Waals surface area contributed by atoms with Gasteiger partial charge in [0.15, 0.2) is 0 Å². The Kier molecular flexibility index (Phi) is 3.03. The Balaban J connectivity index is 2.32. The van der Waals surface area contributed by atoms with Crippen molar-refractivity contribution in [3.63, 3.8) is 0 Å². The summed E-state index contributed by atoms with van der Waals surface area (Å²) in [5.74, 6) is 5.84. The molecule has 0 amide bonds. The third kappa shape index (κ3) is 2.12. The maximum atomic E-state index is 5.30. The first-order chi connectivity index (χ1) is 7.83. The Morgan fingerprint density at radius 1 is 1.12 bits per heavy atom. The average molecular weight is 214 g/mol. The highest BCUT2D eigenvalue weighted by Crippen LogP contribution is 2.18. The van der Waals surface area contributed by atoms with Crippen molar-refractivity contribution < 1.29 is 0 Å². The lowest BCUT2D eigenvalue weighted by atomic mass is 10.1. The van der Waals surface area contributed by atoms with Crippen molar-refractivity contribution in [3.8, 4) is 0 Å². The van der Waals surface area contributed by atoms with Crippen molar-refractivity contribution in [3.05, 3.63) is 42.5 Å². The highest BCUT2D eigenvalue weighted by Gasteiger charge is 1.98. The molecule has 0 saturated heterocycles. The molecular weight excluding hydrogens is 200 g/mol. The molecule has 4 heteroatoms. The smallest absolute Gasteiger partial charge is 0.209 e. The van der Waals surface area contributed by atoms with Gasteiger partial charge in [0.2, 0.25) is 5.96 Å². The van der Waals surface area contributed by atoms with Crippen LogP contribution in [-0.4, -0.2) is 13.0 Å². The summed E-state index contributed by atoms with van der Waals surface area (Å²) in [4.78, 5) is 3.95. The van der Waals surface area contributed by atoms with Gasteiger partial charge in [-0.1, -0.05) is 30.3 Å². The van der Waals surface area contributed by atoms with Crippen molar-refractivity contribution in [2.45, 2.75) is 0 Å². The van der Waals surface area contributed by atoms with E-state index in [9.17, 15) is 0 Å². The summed E-state index contributed by atoms with van der Waals surface area (Å²) in [5.41, 5.74) is 3.44. The monoisotopic (exact) mass is 214 g/mol. The molecule has 0 unspecified atom stereocenters. The van der Waals surface area contributed by atoms with Crippen LogP contribution in [0.3, 0.4) is 0 Å². The van der Waals surface area contributed by atoms with E-state index in [1.807, 2.05) is 18.2 Å². The van der Waals surface area contributed by atoms with Crippen LogP contribution in [0.15, 0.2) is 47.5 Å². The second-order valence-corrected chi connectivity index (χ2v) is 3.40. The van der Waals surface area contributed by atoms with Gasteiger partial charge in [-0.2, -0.15) is 0 Å². The normalized spacial score (nSPS) is 11.5. The molecule has 2 rings (SSSR count). The Morgan fingerprint density at radius 3 is 2.56 bits per heavy atom. The van der Waals surface area contributed by atoms with Gasteiger partial charge in [0.05, 0.1) is 0 Å². The minimum Gasteiger partial charge on any atom is -0.325 e. The molecule has 82 valence electrons. The molecule has 2 aromatic carbocycles. The van der Waals surface area contributed by atoms with Gasteiger partial charge < -0.3 is 5.32 Å². The molecule has 0 saturated carbocycles. The molecule has 2 aromatic rings. The molecule has 0 aliphatic heterocycles. The highest BCUT2D eigenvalue weighted by molar-refractivity contribution is 5.95. The number of rotatable bonds is 1. The van der Waals surface area contributed by atoms with Gasteiger partial charge in [0, 0.05) is 12.7 Å². The topological polar surface area (TPSA) is 62.4 Å². The molecule has 16 heavy (non-hydrogen) atoms. The molecular formula is C12H14N4. The number of benzene rings is 2. The van der Waals surface area contributed by atoms with Crippen LogP contribution in [0.1, 0.15) is 0 Å². The summed E-state index contributed by atoms with van der Waals surface area (Å²) >= 11 is 0. The van der Waals surface area contributed by atoms with Crippen LogP contribution in [0.25, 0.3) is 10.8 Å². The van der Waals surface area contributed by atoms with Gasteiger partial charge in [0.1, 0.15) is 0 Å². The van der Waals surface area contributed by atoms with E-state index in [0.717, 1.165) is 5.69 Å². The van der Waals surface area contributed by atoms with E-state index in [1.165, 1.54) is 10.8 Å². The first-order valence-corrected chi connectivity index (χ1v) is 5.02. The fourth-order valence-corrected chi connectivity index (χ4v) is 1.56. The number of hydrogen-bond acceptors (Lipinski definition) is 2. The first-order valence-electron chi connectivity index (χ1n) is 5.02. The van der Waals surface area contributed by atoms with Crippen molar-refractivity contribution in [1.82, 2.24) is 5.43 Å². The predicted octanol–water partition coefficient (Wildman–Crippen LogP) is 1.70. The Morgan fingerprint density at radius 2 is 1.88 bits per heavy atom. The quantitative estimate of drug-likeness (QED) is 0.293. The van der Waals surface area contributed by atoms with Gasteiger partial charge in [-0.15, -0.1) is 0 Å². The van der Waals surface area contributed by atoms with Gasteiger partial charge in [0.25, 0.3) is 0 Å². The van der Waals surface area contributed by atoms with Crippen LogP contribution >= 0.6 is 0 Å². The number of guanidine groups is 1. The number of nitrogens with zero attached hydrogens (tertiary/aromatic N) is 1. The van der Waals surface area contributed by atoms with Crippen molar-refractivity contribution in [1.29, 1.82) is 0 Å². The fraction of sp³-hybridized carbons (Fsp3) is 0.0833. The Bertz CT molecular complexity index is 519. The SMILES string of the molecule is CN=C(NN)Nc1ccc2ccccc2c1. The maximum Gasteiger partial charge on any atom is 0.209 e. The van der Waals surface area contributed by atoms with Crippen LogP contribution in [0.4, 0.5) is 5.69 Å². The third-order valence-corrected chi connectivity index (χ3v) is 2.37. The number of hydrogen-bond donors (Lipinski definition) is 3. The minimum absolute atomic E-state index is 0.537. The van der Waals surface area contributed by atoms with Gasteiger partial charge in [-0.05, 0) is 22.9 Å². The summed E-state index contributed by atoms with van der Waals surface area (Å²) < 4.78 is 0. The lowest BCUT2D eigenvalue weighted by Crippen LogP contribution is -2.36. The molecule has 0 spiro atoms. The van der Waals surface area contributed by atoms with Crippen LogP contribution in [0, 0.1) is 0 Å². The average Bonchev–Trinajstić information content (AvgIpc) is 2.35. The number of fused-ring (bicyclic) bond motifs is 1. The molecule has 0 radical (unpaired) electrons. The molecule has 0 aliphatic carbocycles. The van der Waals surface area contributed by atoms with Crippen molar-refractivity contribution >= 4 is 22.4 Å². The number of nitrogens with one attached hydrogen (secondary N) is 2. The summed E-state index contributed by atoms with van der Waals surface area (Å²) in [6.45, 7) is 0. The Hall–Kier alpha value is -2.07. The second-order valence-electron chi connectivity index (χ2n) is 3.40. The lowest BCUT2D eigenvalue weighted by Gasteiger charge is -2.08. The number of nitrogens with two attached hydrogens (primary N) is 1. The fourth-order valence-electron chi connectivity index (χ4n) is 1.56. The van der Waals surface area contributed by atoms with Gasteiger partial charge >= 0.3 is 0 Å². The number of anilines is 1. The molecule has 4 N–H and O–H groups in total. The molecule has 0 heterocycles. The van der Waals surface area contributed by atoms with E-state index in [2.05, 4.69) is 40.0 Å². The van der Waals surface area contributed by atoms with E-state index in [0.29, 0.717) is 5.96 Å². The van der Waals surface area contributed by atoms with E-state index >= 15 is 0 Å². The van der Waals surface area contributed by atoms with Crippen LogP contribution in [0.5, 0.6) is 0 Å². The summed E-state index contributed by atoms with van der Waals surface area (Å²) in [6.07, 6.45) is 0. The number of aliphatic imine (C=N–C) groups is 1. The summed E-state index contributed by atoms with van der Waals surface area (Å²) in [6, 6.07) is 14.3. The number of hydrazine groups is 1.